The average Bonchev–Trinajstić information content (AvgIpc) is 3.73. The highest BCUT2D eigenvalue weighted by Gasteiger charge is 2.59. The number of ether oxygens (including phenoxy) is 2. The minimum Gasteiger partial charge on any atom is -0.497 e. The number of carbonyl (C=O) groups excluding carboxylic acids is 4. The molecule has 0 radical (unpaired) electrons. The molecule has 1 saturated heterocycles. The van der Waals surface area contributed by atoms with E-state index in [0.29, 0.717) is 39.2 Å². The van der Waals surface area contributed by atoms with Crippen molar-refractivity contribution < 1.29 is 28.7 Å². The summed E-state index contributed by atoms with van der Waals surface area (Å²) >= 11 is 3.52. The molecule has 1 aromatic heterocycles. The van der Waals surface area contributed by atoms with Gasteiger partial charge in [0, 0.05) is 21.0 Å². The molecule has 2 fully saturated rings. The first-order chi connectivity index (χ1) is 21.6. The number of rotatable bonds is 7. The zero-order valence-corrected chi connectivity index (χ0v) is 26.4. The molecule has 7 rings (SSSR count). The number of aryl methyl sites for hydroxylation is 1. The number of allylic oxidation sites excluding steroid dienone is 2. The van der Waals surface area contributed by atoms with Crippen LogP contribution in [0.1, 0.15) is 39.6 Å². The molecular weight excluding hydrogens is 636 g/mol. The van der Waals surface area contributed by atoms with Gasteiger partial charge in [-0.05, 0) is 92.3 Å². The molecule has 1 aliphatic heterocycles. The van der Waals surface area contributed by atoms with Gasteiger partial charge in [0.15, 0.2) is 6.10 Å². The van der Waals surface area contributed by atoms with E-state index in [0.717, 1.165) is 16.5 Å². The van der Waals surface area contributed by atoms with Gasteiger partial charge in [-0.3, -0.25) is 19.3 Å². The van der Waals surface area contributed by atoms with Gasteiger partial charge in [-0.1, -0.05) is 40.2 Å². The first-order valence-corrected chi connectivity index (χ1v) is 15.6. The summed E-state index contributed by atoms with van der Waals surface area (Å²) in [6, 6.07) is 19.1. The Kier molecular flexibility index (Phi) is 7.16. The summed E-state index contributed by atoms with van der Waals surface area (Å²) < 4.78 is 11.6. The number of carbonyl (C=O) groups is 4. The summed E-state index contributed by atoms with van der Waals surface area (Å²) in [7, 11) is 1.54. The third-order valence-electron chi connectivity index (χ3n) is 9.21. The lowest BCUT2D eigenvalue weighted by Gasteiger charge is -2.18. The lowest BCUT2D eigenvalue weighted by Crippen LogP contribution is -2.32. The topological polar surface area (TPSA) is 103 Å². The standard InChI is InChI=1S/C36H29BrN2O6/c1-18-14-24(37)16-27-28(36(43)45-19(2)33(40)21-8-12-26(44-3)13-9-21)17-29(38-32(18)27)20-6-10-25(11-7-20)39-34(41)30-22-4-5-23(15-22)31(30)35(39)42/h4-14,16-17,19,22-23,30-31H,15H2,1-3H3. The first-order valence-electron chi connectivity index (χ1n) is 14.8. The number of fused-ring (bicyclic) bond motifs is 6. The molecular formula is C36H29BrN2O6. The number of aromatic nitrogens is 1. The molecule has 3 aliphatic rings. The summed E-state index contributed by atoms with van der Waals surface area (Å²) in [4.78, 5) is 59.5. The molecule has 1 saturated carbocycles. The van der Waals surface area contributed by atoms with E-state index in [4.69, 9.17) is 14.5 Å². The van der Waals surface area contributed by atoms with Crippen molar-refractivity contribution in [3.05, 3.63) is 100 Å². The number of hydrogen-bond acceptors (Lipinski definition) is 7. The van der Waals surface area contributed by atoms with Crippen LogP contribution in [0.3, 0.4) is 0 Å². The van der Waals surface area contributed by atoms with Crippen LogP contribution in [0.5, 0.6) is 5.75 Å². The lowest BCUT2D eigenvalue weighted by atomic mass is 9.85. The Morgan fingerprint density at radius 3 is 2.20 bits per heavy atom. The first kappa shape index (κ1) is 29.1. The number of imide groups is 1. The van der Waals surface area contributed by atoms with Gasteiger partial charge in [0.1, 0.15) is 5.75 Å². The third kappa shape index (κ3) is 4.86. The highest BCUT2D eigenvalue weighted by Crippen LogP contribution is 2.53. The lowest BCUT2D eigenvalue weighted by molar-refractivity contribution is -0.123. The number of hydrogen-bond donors (Lipinski definition) is 0. The van der Waals surface area contributed by atoms with Crippen molar-refractivity contribution in [1.29, 1.82) is 0 Å². The molecule has 2 aliphatic carbocycles. The molecule has 2 bridgehead atoms. The van der Waals surface area contributed by atoms with Crippen LogP contribution in [0.2, 0.25) is 0 Å². The van der Waals surface area contributed by atoms with Crippen LogP contribution in [0, 0.1) is 30.6 Å². The fourth-order valence-corrected chi connectivity index (χ4v) is 7.55. The van der Waals surface area contributed by atoms with Gasteiger partial charge in [0.25, 0.3) is 0 Å². The maximum atomic E-state index is 13.6. The Labute approximate surface area is 268 Å². The normalized spacial score (nSPS) is 22.2. The van der Waals surface area contributed by atoms with Gasteiger partial charge in [-0.2, -0.15) is 0 Å². The number of benzene rings is 3. The molecule has 5 atom stereocenters. The molecule has 3 aromatic carbocycles. The van der Waals surface area contributed by atoms with Gasteiger partial charge in [-0.15, -0.1) is 0 Å². The van der Waals surface area contributed by atoms with Crippen molar-refractivity contribution >= 4 is 56.1 Å². The zero-order valence-electron chi connectivity index (χ0n) is 24.8. The minimum atomic E-state index is -1.04. The van der Waals surface area contributed by atoms with E-state index in [9.17, 15) is 19.2 Å². The van der Waals surface area contributed by atoms with Crippen molar-refractivity contribution in [2.75, 3.05) is 12.0 Å². The highest BCUT2D eigenvalue weighted by molar-refractivity contribution is 9.10. The maximum absolute atomic E-state index is 13.6. The summed E-state index contributed by atoms with van der Waals surface area (Å²) in [5, 5.41) is 0.583. The Morgan fingerprint density at radius 1 is 0.933 bits per heavy atom. The van der Waals surface area contributed by atoms with E-state index >= 15 is 0 Å². The van der Waals surface area contributed by atoms with E-state index in [1.54, 1.807) is 74.7 Å². The number of methoxy groups -OCH3 is 1. The number of halogens is 1. The summed E-state index contributed by atoms with van der Waals surface area (Å²) in [5.41, 5.74) is 3.85. The number of amides is 2. The van der Waals surface area contributed by atoms with Crippen LogP contribution in [-0.2, 0) is 14.3 Å². The maximum Gasteiger partial charge on any atom is 0.339 e. The predicted molar refractivity (Wildman–Crippen MR) is 172 cm³/mol. The van der Waals surface area contributed by atoms with Crippen LogP contribution in [0.4, 0.5) is 5.69 Å². The average molecular weight is 666 g/mol. The van der Waals surface area contributed by atoms with Crippen LogP contribution < -0.4 is 9.64 Å². The summed E-state index contributed by atoms with van der Waals surface area (Å²) in [5.74, 6) is -0.922. The SMILES string of the molecule is COc1ccc(C(=O)C(C)OC(=O)c2cc(-c3ccc(N4C(=O)C5C6C=CC(C6)C5C4=O)cc3)nc3c(C)cc(Br)cc23)cc1. The van der Waals surface area contributed by atoms with Gasteiger partial charge in [0.2, 0.25) is 17.6 Å². The fourth-order valence-electron chi connectivity index (χ4n) is 6.98. The van der Waals surface area contributed by atoms with Crippen LogP contribution in [0.15, 0.2) is 83.4 Å². The number of pyridine rings is 1. The van der Waals surface area contributed by atoms with Crippen LogP contribution >= 0.6 is 15.9 Å². The summed E-state index contributed by atoms with van der Waals surface area (Å²) in [6.07, 6.45) is 4.00. The largest absolute Gasteiger partial charge is 0.497 e. The summed E-state index contributed by atoms with van der Waals surface area (Å²) in [6.45, 7) is 3.45. The van der Waals surface area contributed by atoms with E-state index in [1.165, 1.54) is 4.90 Å². The predicted octanol–water partition coefficient (Wildman–Crippen LogP) is 6.72. The zero-order chi connectivity index (χ0) is 31.6. The van der Waals surface area contributed by atoms with Gasteiger partial charge < -0.3 is 9.47 Å². The van der Waals surface area contributed by atoms with Gasteiger partial charge >= 0.3 is 5.97 Å². The highest BCUT2D eigenvalue weighted by atomic mass is 79.9. The quantitative estimate of drug-likeness (QED) is 0.0935. The number of nitrogens with zero attached hydrogens (tertiary/aromatic N) is 2. The molecule has 0 N–H and O–H groups in total. The van der Waals surface area contributed by atoms with Crippen LogP contribution in [0.25, 0.3) is 22.2 Å². The smallest absolute Gasteiger partial charge is 0.339 e. The second-order valence-corrected chi connectivity index (χ2v) is 12.8. The fraction of sp³-hybridized carbons (Fsp3) is 0.250. The molecule has 8 nitrogen and oxygen atoms in total. The van der Waals surface area contributed by atoms with E-state index in [-0.39, 0.29) is 46.8 Å². The van der Waals surface area contributed by atoms with E-state index in [1.807, 2.05) is 13.0 Å². The number of ketones is 1. The molecule has 2 amide bonds. The minimum absolute atomic E-state index is 0.136. The Hall–Kier alpha value is -4.63. The number of Topliss-reactive ketones (excluding diaryl/α,β-unsaturated/α-hetero) is 1. The van der Waals surface area contributed by atoms with E-state index in [2.05, 4.69) is 28.1 Å². The van der Waals surface area contributed by atoms with Crippen molar-refractivity contribution in [2.24, 2.45) is 23.7 Å². The van der Waals surface area contributed by atoms with Gasteiger partial charge in [0.05, 0.1) is 41.4 Å². The molecule has 45 heavy (non-hydrogen) atoms. The van der Waals surface area contributed by atoms with Gasteiger partial charge in [-0.25, -0.2) is 9.78 Å². The van der Waals surface area contributed by atoms with Crippen molar-refractivity contribution in [3.8, 4) is 17.0 Å². The number of anilines is 1. The van der Waals surface area contributed by atoms with E-state index < -0.39 is 12.1 Å². The Bertz CT molecular complexity index is 1900. The molecule has 4 aromatic rings. The second-order valence-electron chi connectivity index (χ2n) is 11.9. The van der Waals surface area contributed by atoms with Crippen LogP contribution in [-0.4, -0.2) is 41.8 Å². The molecule has 226 valence electrons. The van der Waals surface area contributed by atoms with Crippen molar-refractivity contribution in [2.45, 2.75) is 26.4 Å². The van der Waals surface area contributed by atoms with Crippen molar-refractivity contribution in [1.82, 2.24) is 4.98 Å². The third-order valence-corrected chi connectivity index (χ3v) is 9.67. The molecule has 9 heteroatoms. The Balaban J connectivity index is 1.19. The molecule has 0 spiro atoms. The monoisotopic (exact) mass is 664 g/mol. The molecule has 5 unspecified atom stereocenters. The second kappa shape index (κ2) is 11.1. The molecule has 2 heterocycles. The Morgan fingerprint density at radius 2 is 1.58 bits per heavy atom. The number of esters is 1. The van der Waals surface area contributed by atoms with Crippen molar-refractivity contribution in [3.63, 3.8) is 0 Å².